The number of alkyl carbamates (subject to hydrolysis) is 1. The van der Waals surface area contributed by atoms with Gasteiger partial charge in [-0.05, 0) is 31.0 Å². The van der Waals surface area contributed by atoms with Gasteiger partial charge in [-0.15, -0.1) is 0 Å². The molecule has 1 amide bonds. The van der Waals surface area contributed by atoms with Crippen molar-refractivity contribution in [1.29, 1.82) is 0 Å². The number of carboxylic acids is 1. The monoisotopic (exact) mass is 353 g/mol. The van der Waals surface area contributed by atoms with Gasteiger partial charge in [-0.2, -0.15) is 0 Å². The van der Waals surface area contributed by atoms with E-state index in [1.54, 1.807) is 25.1 Å². The molecule has 0 radical (unpaired) electrons. The van der Waals surface area contributed by atoms with E-state index in [2.05, 4.69) is 5.32 Å². The minimum atomic E-state index is -1.56. The summed E-state index contributed by atoms with van der Waals surface area (Å²) in [4.78, 5) is 34.4. The molecule has 0 spiro atoms. The van der Waals surface area contributed by atoms with Crippen LogP contribution in [0, 0.1) is 0 Å². The molecule has 0 aromatic heterocycles. The second-order valence-electron chi connectivity index (χ2n) is 5.23. The zero-order chi connectivity index (χ0) is 18.4. The van der Waals surface area contributed by atoms with E-state index in [4.69, 9.17) is 18.9 Å². The van der Waals surface area contributed by atoms with Crippen LogP contribution in [-0.4, -0.2) is 48.7 Å². The first-order valence-electron chi connectivity index (χ1n) is 7.62. The van der Waals surface area contributed by atoms with E-state index in [-0.39, 0.29) is 19.8 Å². The fourth-order valence-corrected chi connectivity index (χ4v) is 2.36. The number of esters is 1. The molecule has 1 aliphatic rings. The number of rotatable bonds is 7. The molecule has 2 N–H and O–H groups in total. The summed E-state index contributed by atoms with van der Waals surface area (Å²) in [6, 6.07) is 4.04. The standard InChI is InChI=1S/C16H19NO8/c1-3-22-16(21)17-11(14(15(19)20)25-9(2)18)6-10-4-5-12-13(7-10)24-8-23-12/h4-5,7,11,14H,3,6,8H2,1-2H3,(H,17,21)(H,19,20). The van der Waals surface area contributed by atoms with Crippen molar-refractivity contribution >= 4 is 18.0 Å². The highest BCUT2D eigenvalue weighted by molar-refractivity contribution is 5.79. The first-order valence-corrected chi connectivity index (χ1v) is 7.62. The Morgan fingerprint density at radius 3 is 2.64 bits per heavy atom. The SMILES string of the molecule is CCOC(=O)NC(Cc1ccc2c(c1)OCO2)C(OC(C)=O)C(=O)O. The average Bonchev–Trinajstić information content (AvgIpc) is 2.99. The van der Waals surface area contributed by atoms with E-state index in [0.29, 0.717) is 17.1 Å². The third kappa shape index (κ3) is 5.00. The van der Waals surface area contributed by atoms with Gasteiger partial charge in [0.05, 0.1) is 12.6 Å². The zero-order valence-corrected chi connectivity index (χ0v) is 13.8. The Hall–Kier alpha value is -2.97. The fraction of sp³-hybridized carbons (Fsp3) is 0.438. The Bertz CT molecular complexity index is 660. The summed E-state index contributed by atoms with van der Waals surface area (Å²) in [6.45, 7) is 2.94. The molecule has 9 nitrogen and oxygen atoms in total. The van der Waals surface area contributed by atoms with Gasteiger partial charge in [0, 0.05) is 6.92 Å². The molecule has 136 valence electrons. The van der Waals surface area contributed by atoms with Gasteiger partial charge in [-0.25, -0.2) is 9.59 Å². The molecule has 0 saturated carbocycles. The van der Waals surface area contributed by atoms with Crippen LogP contribution in [0.15, 0.2) is 18.2 Å². The van der Waals surface area contributed by atoms with E-state index < -0.39 is 30.2 Å². The van der Waals surface area contributed by atoms with Crippen LogP contribution in [0.4, 0.5) is 4.79 Å². The summed E-state index contributed by atoms with van der Waals surface area (Å²) in [5.41, 5.74) is 0.671. The molecule has 1 aromatic rings. The number of nitrogens with one attached hydrogen (secondary N) is 1. The Morgan fingerprint density at radius 1 is 1.28 bits per heavy atom. The maximum absolute atomic E-state index is 11.7. The van der Waals surface area contributed by atoms with Crippen LogP contribution in [0.3, 0.4) is 0 Å². The van der Waals surface area contributed by atoms with Crippen molar-refractivity contribution in [3.63, 3.8) is 0 Å². The quantitative estimate of drug-likeness (QED) is 0.699. The maximum Gasteiger partial charge on any atom is 0.407 e. The first kappa shape index (κ1) is 18.4. The molecule has 0 saturated heterocycles. The summed E-state index contributed by atoms with van der Waals surface area (Å²) in [5.74, 6) is -1.05. The predicted octanol–water partition coefficient (Wildman–Crippen LogP) is 1.09. The molecule has 1 aromatic carbocycles. The molecular formula is C16H19NO8. The van der Waals surface area contributed by atoms with E-state index in [9.17, 15) is 19.5 Å². The number of carbonyl (C=O) groups excluding carboxylic acids is 2. The lowest BCUT2D eigenvalue weighted by atomic mass is 10.0. The molecule has 1 aliphatic heterocycles. The normalized spacial score (nSPS) is 14.3. The Balaban J connectivity index is 2.21. The number of amides is 1. The molecule has 1 heterocycles. The Kier molecular flexibility index (Phi) is 6.04. The van der Waals surface area contributed by atoms with Crippen LogP contribution in [0.2, 0.25) is 0 Å². The van der Waals surface area contributed by atoms with E-state index >= 15 is 0 Å². The molecule has 0 bridgehead atoms. The minimum Gasteiger partial charge on any atom is -0.478 e. The van der Waals surface area contributed by atoms with Crippen molar-refractivity contribution in [3.05, 3.63) is 23.8 Å². The first-order chi connectivity index (χ1) is 11.9. The lowest BCUT2D eigenvalue weighted by Crippen LogP contribution is -2.50. The van der Waals surface area contributed by atoms with Crippen molar-refractivity contribution in [2.45, 2.75) is 32.4 Å². The van der Waals surface area contributed by atoms with Crippen LogP contribution < -0.4 is 14.8 Å². The van der Waals surface area contributed by atoms with Crippen LogP contribution in [-0.2, 0) is 25.5 Å². The summed E-state index contributed by atoms with van der Waals surface area (Å²) < 4.78 is 20.1. The molecule has 2 unspecified atom stereocenters. The number of fused-ring (bicyclic) bond motifs is 1. The smallest absolute Gasteiger partial charge is 0.407 e. The van der Waals surface area contributed by atoms with Gasteiger partial charge in [-0.1, -0.05) is 6.07 Å². The van der Waals surface area contributed by atoms with Gasteiger partial charge in [0.15, 0.2) is 11.5 Å². The van der Waals surface area contributed by atoms with Crippen LogP contribution >= 0.6 is 0 Å². The highest BCUT2D eigenvalue weighted by Gasteiger charge is 2.33. The highest BCUT2D eigenvalue weighted by atomic mass is 16.7. The number of hydrogen-bond acceptors (Lipinski definition) is 7. The number of carboxylic acid groups (broad SMARTS) is 1. The van der Waals surface area contributed by atoms with Gasteiger partial charge >= 0.3 is 18.0 Å². The van der Waals surface area contributed by atoms with Gasteiger partial charge in [0.1, 0.15) is 0 Å². The van der Waals surface area contributed by atoms with E-state index in [0.717, 1.165) is 6.92 Å². The largest absolute Gasteiger partial charge is 0.478 e. The Labute approximate surface area is 143 Å². The average molecular weight is 353 g/mol. The summed E-state index contributed by atoms with van der Waals surface area (Å²) in [6.07, 6.45) is -2.28. The van der Waals surface area contributed by atoms with Crippen molar-refractivity contribution in [2.75, 3.05) is 13.4 Å². The summed E-state index contributed by atoms with van der Waals surface area (Å²) in [5, 5.41) is 11.8. The highest BCUT2D eigenvalue weighted by Crippen LogP contribution is 2.33. The van der Waals surface area contributed by atoms with Gasteiger partial charge in [0.2, 0.25) is 12.9 Å². The second kappa shape index (κ2) is 8.22. The fourth-order valence-electron chi connectivity index (χ4n) is 2.36. The lowest BCUT2D eigenvalue weighted by Gasteiger charge is -2.24. The predicted molar refractivity (Wildman–Crippen MR) is 83.4 cm³/mol. The molecule has 25 heavy (non-hydrogen) atoms. The Morgan fingerprint density at radius 2 is 2.00 bits per heavy atom. The van der Waals surface area contributed by atoms with Crippen LogP contribution in [0.25, 0.3) is 0 Å². The summed E-state index contributed by atoms with van der Waals surface area (Å²) >= 11 is 0. The van der Waals surface area contributed by atoms with Crippen molar-refractivity contribution < 1.29 is 38.4 Å². The molecule has 0 aliphatic carbocycles. The number of aliphatic carboxylic acids is 1. The van der Waals surface area contributed by atoms with E-state index in [1.165, 1.54) is 0 Å². The maximum atomic E-state index is 11.7. The molecular weight excluding hydrogens is 334 g/mol. The summed E-state index contributed by atoms with van der Waals surface area (Å²) in [7, 11) is 0. The lowest BCUT2D eigenvalue weighted by molar-refractivity contribution is -0.164. The minimum absolute atomic E-state index is 0.0830. The van der Waals surface area contributed by atoms with Gasteiger partial charge in [-0.3, -0.25) is 4.79 Å². The van der Waals surface area contributed by atoms with Gasteiger partial charge in [0.25, 0.3) is 0 Å². The van der Waals surface area contributed by atoms with Crippen molar-refractivity contribution in [1.82, 2.24) is 5.32 Å². The second-order valence-corrected chi connectivity index (χ2v) is 5.23. The number of carbonyl (C=O) groups is 3. The molecule has 2 rings (SSSR count). The zero-order valence-electron chi connectivity index (χ0n) is 13.8. The van der Waals surface area contributed by atoms with Crippen LogP contribution in [0.1, 0.15) is 19.4 Å². The van der Waals surface area contributed by atoms with E-state index in [1.807, 2.05) is 0 Å². The van der Waals surface area contributed by atoms with Crippen molar-refractivity contribution in [3.8, 4) is 11.5 Å². The number of benzene rings is 1. The number of hydrogen-bond donors (Lipinski definition) is 2. The topological polar surface area (TPSA) is 120 Å². The van der Waals surface area contributed by atoms with Crippen molar-refractivity contribution in [2.24, 2.45) is 0 Å². The molecule has 0 fully saturated rings. The molecule has 2 atom stereocenters. The molecule has 9 heteroatoms. The number of ether oxygens (including phenoxy) is 4. The third-order valence-corrected chi connectivity index (χ3v) is 3.37. The van der Waals surface area contributed by atoms with Gasteiger partial charge < -0.3 is 29.4 Å². The van der Waals surface area contributed by atoms with Crippen LogP contribution in [0.5, 0.6) is 11.5 Å². The third-order valence-electron chi connectivity index (χ3n) is 3.37.